The third-order valence-corrected chi connectivity index (χ3v) is 3.99. The average molecular weight is 318 g/mol. The Morgan fingerprint density at radius 3 is 2.74 bits per heavy atom. The second-order valence-corrected chi connectivity index (χ2v) is 5.76. The largest absolute Gasteiger partial charge is 0.494 e. The van der Waals surface area contributed by atoms with Crippen LogP contribution in [0.4, 0.5) is 0 Å². The lowest BCUT2D eigenvalue weighted by Crippen LogP contribution is -2.34. The number of rotatable bonds is 7. The molecule has 1 heterocycles. The van der Waals surface area contributed by atoms with Crippen molar-refractivity contribution in [1.29, 1.82) is 0 Å². The molecule has 0 aromatic heterocycles. The molecule has 1 fully saturated rings. The molecule has 126 valence electrons. The molecule has 0 atom stereocenters. The normalized spacial score (nSPS) is 15.2. The standard InChI is InChI=1S/C18H26N2O3/c1-2-23-16-10-8-15(9-11-16)18(22)19-12-6-14-20-13-5-3-4-7-17(20)21/h8-11H,2-7,12-14H2,1H3,(H,19,22). The van der Waals surface area contributed by atoms with E-state index in [-0.39, 0.29) is 11.8 Å². The van der Waals surface area contributed by atoms with E-state index in [2.05, 4.69) is 5.32 Å². The number of likely N-dealkylation sites (tertiary alicyclic amines) is 1. The minimum absolute atomic E-state index is 0.0877. The quantitative estimate of drug-likeness (QED) is 0.786. The molecule has 23 heavy (non-hydrogen) atoms. The van der Waals surface area contributed by atoms with Gasteiger partial charge in [0.05, 0.1) is 6.61 Å². The van der Waals surface area contributed by atoms with Crippen molar-refractivity contribution in [3.8, 4) is 5.75 Å². The lowest BCUT2D eigenvalue weighted by Gasteiger charge is -2.20. The van der Waals surface area contributed by atoms with Crippen molar-refractivity contribution >= 4 is 11.8 Å². The zero-order valence-corrected chi connectivity index (χ0v) is 13.8. The Labute approximate surface area is 138 Å². The van der Waals surface area contributed by atoms with Crippen LogP contribution in [0.1, 0.15) is 49.4 Å². The summed E-state index contributed by atoms with van der Waals surface area (Å²) in [4.78, 5) is 25.9. The number of hydrogen-bond acceptors (Lipinski definition) is 3. The van der Waals surface area contributed by atoms with Gasteiger partial charge in [0.2, 0.25) is 5.91 Å². The van der Waals surface area contributed by atoms with Crippen LogP contribution in [0, 0.1) is 0 Å². The van der Waals surface area contributed by atoms with Gasteiger partial charge >= 0.3 is 0 Å². The van der Waals surface area contributed by atoms with Gasteiger partial charge in [-0.15, -0.1) is 0 Å². The summed E-state index contributed by atoms with van der Waals surface area (Å²) >= 11 is 0. The van der Waals surface area contributed by atoms with E-state index in [9.17, 15) is 9.59 Å². The maximum absolute atomic E-state index is 12.1. The van der Waals surface area contributed by atoms with Crippen LogP contribution < -0.4 is 10.1 Å². The predicted molar refractivity (Wildman–Crippen MR) is 89.6 cm³/mol. The smallest absolute Gasteiger partial charge is 0.251 e. The molecule has 2 rings (SSSR count). The Balaban J connectivity index is 1.70. The summed E-state index contributed by atoms with van der Waals surface area (Å²) in [6.07, 6.45) is 4.68. The first-order chi connectivity index (χ1) is 11.2. The maximum atomic E-state index is 12.1. The van der Waals surface area contributed by atoms with E-state index < -0.39 is 0 Å². The van der Waals surface area contributed by atoms with Crippen LogP contribution in [-0.4, -0.2) is 43.0 Å². The first-order valence-corrected chi connectivity index (χ1v) is 8.49. The van der Waals surface area contributed by atoms with E-state index in [0.29, 0.717) is 25.1 Å². The van der Waals surface area contributed by atoms with E-state index >= 15 is 0 Å². The van der Waals surface area contributed by atoms with Crippen molar-refractivity contribution in [2.45, 2.75) is 39.0 Å². The summed E-state index contributed by atoms with van der Waals surface area (Å²) in [6.45, 7) is 4.69. The second kappa shape index (κ2) is 9.18. The molecule has 0 unspecified atom stereocenters. The van der Waals surface area contributed by atoms with E-state index in [4.69, 9.17) is 4.74 Å². The van der Waals surface area contributed by atoms with Crippen molar-refractivity contribution in [2.75, 3.05) is 26.2 Å². The Morgan fingerprint density at radius 2 is 2.00 bits per heavy atom. The molecule has 1 saturated heterocycles. The molecule has 1 aromatic carbocycles. The van der Waals surface area contributed by atoms with Gasteiger partial charge in [-0.05, 0) is 50.5 Å². The second-order valence-electron chi connectivity index (χ2n) is 5.76. The zero-order chi connectivity index (χ0) is 16.5. The zero-order valence-electron chi connectivity index (χ0n) is 13.8. The van der Waals surface area contributed by atoms with Gasteiger partial charge in [0.1, 0.15) is 5.75 Å². The summed E-state index contributed by atoms with van der Waals surface area (Å²) in [7, 11) is 0. The fraction of sp³-hybridized carbons (Fsp3) is 0.556. The highest BCUT2D eigenvalue weighted by Crippen LogP contribution is 2.12. The van der Waals surface area contributed by atoms with Crippen LogP contribution in [0.2, 0.25) is 0 Å². The van der Waals surface area contributed by atoms with E-state index in [0.717, 1.165) is 44.5 Å². The van der Waals surface area contributed by atoms with Gasteiger partial charge in [-0.25, -0.2) is 0 Å². The van der Waals surface area contributed by atoms with Crippen LogP contribution in [0.3, 0.4) is 0 Å². The number of nitrogens with zero attached hydrogens (tertiary/aromatic N) is 1. The lowest BCUT2D eigenvalue weighted by atomic mass is 10.2. The summed E-state index contributed by atoms with van der Waals surface area (Å²) in [5.74, 6) is 0.930. The number of amides is 2. The Bertz CT molecular complexity index is 514. The van der Waals surface area contributed by atoms with Gasteiger partial charge < -0.3 is 15.0 Å². The van der Waals surface area contributed by atoms with Gasteiger partial charge in [-0.1, -0.05) is 6.42 Å². The van der Waals surface area contributed by atoms with E-state index in [1.54, 1.807) is 24.3 Å². The van der Waals surface area contributed by atoms with Crippen molar-refractivity contribution in [3.63, 3.8) is 0 Å². The number of nitrogens with one attached hydrogen (secondary N) is 1. The molecule has 1 N–H and O–H groups in total. The number of carbonyl (C=O) groups is 2. The third kappa shape index (κ3) is 5.58. The van der Waals surface area contributed by atoms with Gasteiger partial charge in [-0.2, -0.15) is 0 Å². The molecule has 0 radical (unpaired) electrons. The van der Waals surface area contributed by atoms with Crippen LogP contribution >= 0.6 is 0 Å². The Hall–Kier alpha value is -2.04. The molecule has 5 nitrogen and oxygen atoms in total. The SMILES string of the molecule is CCOc1ccc(C(=O)NCCCN2CCCCCC2=O)cc1. The molecule has 0 aliphatic carbocycles. The predicted octanol–water partition coefficient (Wildman–Crippen LogP) is 2.61. The first-order valence-electron chi connectivity index (χ1n) is 8.49. The molecule has 5 heteroatoms. The monoisotopic (exact) mass is 318 g/mol. The minimum atomic E-state index is -0.0877. The number of benzene rings is 1. The summed E-state index contributed by atoms with van der Waals surface area (Å²) in [5, 5.41) is 2.90. The molecular formula is C18H26N2O3. The Morgan fingerprint density at radius 1 is 1.22 bits per heavy atom. The van der Waals surface area contributed by atoms with Crippen molar-refractivity contribution < 1.29 is 14.3 Å². The molecule has 0 saturated carbocycles. The van der Waals surface area contributed by atoms with Crippen molar-refractivity contribution in [1.82, 2.24) is 10.2 Å². The first kappa shape index (κ1) is 17.3. The van der Waals surface area contributed by atoms with Gasteiger partial charge in [0.15, 0.2) is 0 Å². The number of ether oxygens (including phenoxy) is 1. The maximum Gasteiger partial charge on any atom is 0.251 e. The van der Waals surface area contributed by atoms with Crippen LogP contribution in [0.25, 0.3) is 0 Å². The van der Waals surface area contributed by atoms with Gasteiger partial charge in [-0.3, -0.25) is 9.59 Å². The number of hydrogen-bond donors (Lipinski definition) is 1. The fourth-order valence-corrected chi connectivity index (χ4v) is 2.72. The highest BCUT2D eigenvalue weighted by atomic mass is 16.5. The Kier molecular flexibility index (Phi) is 6.91. The molecule has 0 spiro atoms. The van der Waals surface area contributed by atoms with Crippen LogP contribution in [0.5, 0.6) is 5.75 Å². The molecule has 0 bridgehead atoms. The van der Waals surface area contributed by atoms with Crippen LogP contribution in [-0.2, 0) is 4.79 Å². The lowest BCUT2D eigenvalue weighted by molar-refractivity contribution is -0.130. The van der Waals surface area contributed by atoms with Crippen molar-refractivity contribution in [2.24, 2.45) is 0 Å². The molecule has 1 aliphatic heterocycles. The summed E-state index contributed by atoms with van der Waals surface area (Å²) in [5.41, 5.74) is 0.624. The summed E-state index contributed by atoms with van der Waals surface area (Å²) < 4.78 is 5.36. The topological polar surface area (TPSA) is 58.6 Å². The van der Waals surface area contributed by atoms with Gasteiger partial charge in [0.25, 0.3) is 5.91 Å². The molecular weight excluding hydrogens is 292 g/mol. The third-order valence-electron chi connectivity index (χ3n) is 3.99. The van der Waals surface area contributed by atoms with E-state index in [1.165, 1.54) is 0 Å². The minimum Gasteiger partial charge on any atom is -0.494 e. The highest BCUT2D eigenvalue weighted by molar-refractivity contribution is 5.94. The van der Waals surface area contributed by atoms with Gasteiger partial charge in [0, 0.05) is 31.6 Å². The molecule has 1 aromatic rings. The van der Waals surface area contributed by atoms with E-state index in [1.807, 2.05) is 11.8 Å². The van der Waals surface area contributed by atoms with Crippen molar-refractivity contribution in [3.05, 3.63) is 29.8 Å². The average Bonchev–Trinajstić information content (AvgIpc) is 2.77. The fourth-order valence-electron chi connectivity index (χ4n) is 2.72. The summed E-state index contributed by atoms with van der Waals surface area (Å²) in [6, 6.07) is 7.12. The number of carbonyl (C=O) groups excluding carboxylic acids is 2. The van der Waals surface area contributed by atoms with Crippen LogP contribution in [0.15, 0.2) is 24.3 Å². The molecule has 1 aliphatic rings. The highest BCUT2D eigenvalue weighted by Gasteiger charge is 2.15. The molecule has 2 amide bonds.